The lowest BCUT2D eigenvalue weighted by atomic mass is 9.71. The number of nitrogens with zero attached hydrogens (tertiary/aromatic N) is 1. The lowest BCUT2D eigenvalue weighted by Crippen LogP contribution is -2.36. The maximum atomic E-state index is 12.6. The van der Waals surface area contributed by atoms with E-state index in [1.165, 1.54) is 19.3 Å². The molecule has 156 valence electrons. The number of ether oxygens (including phenoxy) is 1. The predicted molar refractivity (Wildman–Crippen MR) is 116 cm³/mol. The predicted octanol–water partition coefficient (Wildman–Crippen LogP) is 4.50. The number of H-pyrrole nitrogens is 1. The average molecular weight is 429 g/mol. The second-order valence-electron chi connectivity index (χ2n) is 7.85. The van der Waals surface area contributed by atoms with E-state index in [1.807, 2.05) is 18.2 Å². The van der Waals surface area contributed by atoms with Crippen molar-refractivity contribution < 1.29 is 9.53 Å². The molecule has 28 heavy (non-hydrogen) atoms. The van der Waals surface area contributed by atoms with Crippen molar-refractivity contribution in [3.8, 4) is 0 Å². The Morgan fingerprint density at radius 1 is 1.25 bits per heavy atom. The van der Waals surface area contributed by atoms with Crippen LogP contribution in [0.3, 0.4) is 0 Å². The van der Waals surface area contributed by atoms with E-state index in [-0.39, 0.29) is 42.2 Å². The van der Waals surface area contributed by atoms with Gasteiger partial charge in [-0.05, 0) is 55.8 Å². The molecular weight excluding hydrogens is 399 g/mol. The van der Waals surface area contributed by atoms with Crippen molar-refractivity contribution in [2.75, 3.05) is 18.5 Å². The molecule has 1 saturated heterocycles. The second-order valence-corrected chi connectivity index (χ2v) is 7.85. The average Bonchev–Trinajstić information content (AvgIpc) is 3.31. The standard InChI is InChI=1S/C20H28N4O2.2ClH/c21-13-20(8-2-1-3-9-20)12-18(25)22-14-6-7-15-16(11-14)24-19(23-15)17-5-4-10-26-17;;/h6-7,11,17H,1-5,8-10,12-13,21H2,(H,22,25)(H,23,24);2*1H. The zero-order chi connectivity index (χ0) is 18.0. The van der Waals surface area contributed by atoms with E-state index in [0.717, 1.165) is 54.8 Å². The Bertz CT molecular complexity index is 784. The van der Waals surface area contributed by atoms with Crippen LogP contribution in [0.4, 0.5) is 5.69 Å². The monoisotopic (exact) mass is 428 g/mol. The minimum absolute atomic E-state index is 0. The third kappa shape index (κ3) is 4.98. The van der Waals surface area contributed by atoms with Gasteiger partial charge in [-0.1, -0.05) is 19.3 Å². The highest BCUT2D eigenvalue weighted by molar-refractivity contribution is 5.93. The molecule has 1 aromatic carbocycles. The number of halogens is 2. The van der Waals surface area contributed by atoms with Crippen LogP contribution in [0.1, 0.15) is 63.3 Å². The summed E-state index contributed by atoms with van der Waals surface area (Å²) in [4.78, 5) is 20.5. The van der Waals surface area contributed by atoms with Crippen LogP contribution in [0.2, 0.25) is 0 Å². The molecule has 2 fully saturated rings. The number of imidazole rings is 1. The number of anilines is 1. The molecule has 1 aliphatic carbocycles. The maximum Gasteiger partial charge on any atom is 0.224 e. The summed E-state index contributed by atoms with van der Waals surface area (Å²) >= 11 is 0. The Hall–Kier alpha value is -1.34. The molecular formula is C20H30Cl2N4O2. The Morgan fingerprint density at radius 3 is 2.71 bits per heavy atom. The van der Waals surface area contributed by atoms with E-state index in [2.05, 4.69) is 15.3 Å². The number of hydrogen-bond acceptors (Lipinski definition) is 4. The van der Waals surface area contributed by atoms with E-state index in [1.54, 1.807) is 0 Å². The van der Waals surface area contributed by atoms with Crippen molar-refractivity contribution >= 4 is 47.4 Å². The van der Waals surface area contributed by atoms with Gasteiger partial charge in [-0.2, -0.15) is 0 Å². The molecule has 4 rings (SSSR count). The number of aromatic nitrogens is 2. The lowest BCUT2D eigenvalue weighted by Gasteiger charge is -2.35. The number of aromatic amines is 1. The molecule has 1 atom stereocenters. The summed E-state index contributed by atoms with van der Waals surface area (Å²) in [7, 11) is 0. The molecule has 0 radical (unpaired) electrons. The van der Waals surface area contributed by atoms with Gasteiger partial charge in [0, 0.05) is 18.7 Å². The summed E-state index contributed by atoms with van der Waals surface area (Å²) in [6.07, 6.45) is 8.38. The molecule has 2 heterocycles. The first kappa shape index (κ1) is 22.9. The highest BCUT2D eigenvalue weighted by atomic mass is 35.5. The minimum atomic E-state index is -0.0204. The van der Waals surface area contributed by atoms with Crippen LogP contribution in [0.25, 0.3) is 11.0 Å². The molecule has 0 bridgehead atoms. The second kappa shape index (κ2) is 9.92. The molecule has 1 amide bonds. The highest BCUT2D eigenvalue weighted by Gasteiger charge is 2.33. The van der Waals surface area contributed by atoms with Crippen LogP contribution < -0.4 is 11.1 Å². The maximum absolute atomic E-state index is 12.6. The first-order valence-electron chi connectivity index (χ1n) is 9.79. The number of hydrogen-bond donors (Lipinski definition) is 3. The van der Waals surface area contributed by atoms with Gasteiger partial charge >= 0.3 is 0 Å². The largest absolute Gasteiger partial charge is 0.370 e. The molecule has 4 N–H and O–H groups in total. The number of carbonyl (C=O) groups is 1. The van der Waals surface area contributed by atoms with Crippen LogP contribution >= 0.6 is 24.8 Å². The summed E-state index contributed by atoms with van der Waals surface area (Å²) in [6, 6.07) is 5.81. The fraction of sp³-hybridized carbons (Fsp3) is 0.600. The first-order chi connectivity index (χ1) is 12.7. The first-order valence-corrected chi connectivity index (χ1v) is 9.79. The van der Waals surface area contributed by atoms with E-state index in [0.29, 0.717) is 13.0 Å². The molecule has 1 saturated carbocycles. The zero-order valence-electron chi connectivity index (χ0n) is 16.0. The van der Waals surface area contributed by atoms with Gasteiger partial charge in [-0.25, -0.2) is 4.98 Å². The van der Waals surface area contributed by atoms with Gasteiger partial charge in [0.1, 0.15) is 11.9 Å². The molecule has 0 spiro atoms. The normalized spacial score (nSPS) is 21.0. The van der Waals surface area contributed by atoms with Gasteiger partial charge in [0.05, 0.1) is 11.0 Å². The van der Waals surface area contributed by atoms with Gasteiger partial charge < -0.3 is 20.8 Å². The fourth-order valence-electron chi connectivity index (χ4n) is 4.35. The van der Waals surface area contributed by atoms with Crippen molar-refractivity contribution in [2.45, 2.75) is 57.5 Å². The quantitative estimate of drug-likeness (QED) is 0.653. The number of carbonyl (C=O) groups excluding carboxylic acids is 1. The van der Waals surface area contributed by atoms with Crippen molar-refractivity contribution in [3.05, 3.63) is 24.0 Å². The summed E-state index contributed by atoms with van der Waals surface area (Å²) < 4.78 is 5.70. The number of nitrogens with two attached hydrogens (primary N) is 1. The summed E-state index contributed by atoms with van der Waals surface area (Å²) in [5.41, 5.74) is 8.62. The SMILES string of the molecule is Cl.Cl.NCC1(CC(=O)Nc2ccc3nc(C4CCCO4)[nH]c3c2)CCCCC1. The number of benzene rings is 1. The van der Waals surface area contributed by atoms with Crippen LogP contribution in [-0.2, 0) is 9.53 Å². The summed E-state index contributed by atoms with van der Waals surface area (Å²) in [5.74, 6) is 0.931. The van der Waals surface area contributed by atoms with Gasteiger partial charge in [-0.3, -0.25) is 4.79 Å². The topological polar surface area (TPSA) is 93.0 Å². The van der Waals surface area contributed by atoms with Crippen LogP contribution in [-0.4, -0.2) is 29.0 Å². The minimum Gasteiger partial charge on any atom is -0.370 e. The van der Waals surface area contributed by atoms with E-state index < -0.39 is 0 Å². The Labute approximate surface area is 178 Å². The lowest BCUT2D eigenvalue weighted by molar-refractivity contribution is -0.118. The van der Waals surface area contributed by atoms with E-state index >= 15 is 0 Å². The Balaban J connectivity index is 0.00000140. The van der Waals surface area contributed by atoms with Gasteiger partial charge in [0.15, 0.2) is 0 Å². The molecule has 1 aliphatic heterocycles. The molecule has 1 unspecified atom stereocenters. The van der Waals surface area contributed by atoms with Gasteiger partial charge in [0.25, 0.3) is 0 Å². The Kier molecular flexibility index (Phi) is 8.13. The van der Waals surface area contributed by atoms with Crippen molar-refractivity contribution in [3.63, 3.8) is 0 Å². The number of fused-ring (bicyclic) bond motifs is 1. The fourth-order valence-corrected chi connectivity index (χ4v) is 4.35. The molecule has 1 aromatic heterocycles. The molecule has 8 heteroatoms. The number of nitrogens with one attached hydrogen (secondary N) is 2. The van der Waals surface area contributed by atoms with Crippen LogP contribution in [0.15, 0.2) is 18.2 Å². The highest BCUT2D eigenvalue weighted by Crippen LogP contribution is 2.38. The third-order valence-corrected chi connectivity index (χ3v) is 5.90. The van der Waals surface area contributed by atoms with Crippen molar-refractivity contribution in [1.29, 1.82) is 0 Å². The molecule has 2 aliphatic rings. The summed E-state index contributed by atoms with van der Waals surface area (Å²) in [5, 5.41) is 3.05. The molecule has 2 aromatic rings. The third-order valence-electron chi connectivity index (χ3n) is 5.90. The Morgan fingerprint density at radius 2 is 2.04 bits per heavy atom. The van der Waals surface area contributed by atoms with Gasteiger partial charge in [-0.15, -0.1) is 24.8 Å². The number of amides is 1. The zero-order valence-corrected chi connectivity index (χ0v) is 17.7. The number of rotatable bonds is 5. The van der Waals surface area contributed by atoms with Crippen molar-refractivity contribution in [2.24, 2.45) is 11.1 Å². The van der Waals surface area contributed by atoms with Crippen LogP contribution in [0, 0.1) is 5.41 Å². The molecule has 6 nitrogen and oxygen atoms in total. The van der Waals surface area contributed by atoms with Crippen molar-refractivity contribution in [1.82, 2.24) is 9.97 Å². The van der Waals surface area contributed by atoms with E-state index in [9.17, 15) is 4.79 Å². The van der Waals surface area contributed by atoms with Crippen LogP contribution in [0.5, 0.6) is 0 Å². The van der Waals surface area contributed by atoms with Gasteiger partial charge in [0.2, 0.25) is 5.91 Å². The summed E-state index contributed by atoms with van der Waals surface area (Å²) in [6.45, 7) is 1.39. The van der Waals surface area contributed by atoms with E-state index in [4.69, 9.17) is 10.5 Å². The smallest absolute Gasteiger partial charge is 0.224 e.